The van der Waals surface area contributed by atoms with Crippen molar-refractivity contribution in [2.45, 2.75) is 219 Å². The summed E-state index contributed by atoms with van der Waals surface area (Å²) in [5.41, 5.74) is 0. The molecule has 0 aromatic rings. The average molecular weight is 591 g/mol. The van der Waals surface area contributed by atoms with Gasteiger partial charge in [0.15, 0.2) is 0 Å². The number of hydrogen-bond acceptors (Lipinski definition) is 3. The molecule has 0 fully saturated rings. The fourth-order valence-corrected chi connectivity index (χ4v) is 5.29. The van der Waals surface area contributed by atoms with Crippen molar-refractivity contribution in [1.82, 2.24) is 0 Å². The molecule has 0 atom stereocenters. The summed E-state index contributed by atoms with van der Waals surface area (Å²) < 4.78 is 0. The van der Waals surface area contributed by atoms with Crippen LogP contribution in [0.3, 0.4) is 0 Å². The zero-order chi connectivity index (χ0) is 29.8. The van der Waals surface area contributed by atoms with E-state index in [0.29, 0.717) is 6.42 Å². The van der Waals surface area contributed by atoms with Gasteiger partial charge in [-0.3, -0.25) is 4.79 Å². The van der Waals surface area contributed by atoms with E-state index in [1.165, 1.54) is 167 Å². The number of carboxylic acids is 2. The molecule has 0 saturated carbocycles. The van der Waals surface area contributed by atoms with Gasteiger partial charge >= 0.3 is 35.5 Å². The van der Waals surface area contributed by atoms with Crippen molar-refractivity contribution in [2.24, 2.45) is 0 Å². The largest absolute Gasteiger partial charge is 1.00 e. The molecule has 0 bridgehead atoms. The predicted octanol–water partition coefficient (Wildman–Crippen LogP) is 8.33. The Hall–Kier alpha value is -0.0600. The number of carboxylic acid groups (broad SMARTS) is 2. The zero-order valence-corrected chi connectivity index (χ0v) is 30.3. The van der Waals surface area contributed by atoms with Crippen molar-refractivity contribution < 1.29 is 49.4 Å². The number of unbranched alkanes of at least 4 members (excludes halogenated alkanes) is 28. The molecule has 0 radical (unpaired) electrons. The van der Waals surface area contributed by atoms with E-state index < -0.39 is 11.9 Å². The third kappa shape index (κ3) is 49.9. The summed E-state index contributed by atoms with van der Waals surface area (Å²) in [5.74, 6) is -1.56. The molecule has 0 spiro atoms. The van der Waals surface area contributed by atoms with Crippen molar-refractivity contribution in [1.29, 1.82) is 0 Å². The van der Waals surface area contributed by atoms with Gasteiger partial charge in [-0.05, 0) is 19.3 Å². The quantitative estimate of drug-likeness (QED) is 0.0631. The second kappa shape index (κ2) is 42.1. The Balaban J connectivity index is -0.000000688. The van der Waals surface area contributed by atoms with Crippen molar-refractivity contribution in [3.05, 3.63) is 0 Å². The van der Waals surface area contributed by atoms with E-state index in [0.717, 1.165) is 25.7 Å². The molecule has 0 rings (SSSR count). The van der Waals surface area contributed by atoms with Crippen molar-refractivity contribution in [3.8, 4) is 0 Å². The number of aliphatic carboxylic acids is 2. The van der Waals surface area contributed by atoms with Crippen LogP contribution < -0.4 is 34.7 Å². The number of rotatable bonds is 32. The first-order valence-corrected chi connectivity index (χ1v) is 18.0. The molecule has 0 aliphatic rings. The van der Waals surface area contributed by atoms with E-state index in [1.54, 1.807) is 0 Å². The second-order valence-corrected chi connectivity index (χ2v) is 12.2. The van der Waals surface area contributed by atoms with E-state index in [1.807, 2.05) is 0 Å². The van der Waals surface area contributed by atoms with E-state index in [9.17, 15) is 14.7 Å². The molecular weight excluding hydrogens is 519 g/mol. The van der Waals surface area contributed by atoms with Gasteiger partial charge in [0.2, 0.25) is 0 Å². The topological polar surface area (TPSA) is 77.4 Å². The van der Waals surface area contributed by atoms with Gasteiger partial charge in [-0.15, -0.1) is 0 Å². The van der Waals surface area contributed by atoms with Gasteiger partial charge in [-0.1, -0.05) is 194 Å². The molecule has 0 aliphatic heterocycles. The molecule has 0 unspecified atom stereocenters. The van der Waals surface area contributed by atoms with E-state index >= 15 is 0 Å². The standard InChI is InChI=1S/2C18H36O2.Na/c2*1-2-3-4-5-6-7-8-9-10-11-12-13-14-15-16-17-18(19)20;/h2*2-17H2,1H3,(H,19,20);/q;;+1/p-1. The van der Waals surface area contributed by atoms with Crippen LogP contribution in [0.5, 0.6) is 0 Å². The van der Waals surface area contributed by atoms with E-state index in [4.69, 9.17) is 5.11 Å². The molecule has 0 aliphatic carbocycles. The molecule has 0 heterocycles. The fraction of sp³-hybridized carbons (Fsp3) is 0.944. The molecule has 1 N–H and O–H groups in total. The van der Waals surface area contributed by atoms with Crippen LogP contribution in [0.2, 0.25) is 0 Å². The minimum atomic E-state index is -0.903. The fourth-order valence-electron chi connectivity index (χ4n) is 5.29. The summed E-state index contributed by atoms with van der Waals surface area (Å²) >= 11 is 0. The summed E-state index contributed by atoms with van der Waals surface area (Å²) in [7, 11) is 0. The molecule has 0 aromatic heterocycles. The van der Waals surface area contributed by atoms with Crippen LogP contribution in [-0.4, -0.2) is 17.0 Å². The molecule has 41 heavy (non-hydrogen) atoms. The molecule has 0 aromatic carbocycles. The van der Waals surface area contributed by atoms with Crippen molar-refractivity contribution in [2.75, 3.05) is 0 Å². The molecule has 0 saturated heterocycles. The van der Waals surface area contributed by atoms with Crippen LogP contribution in [0.4, 0.5) is 0 Å². The van der Waals surface area contributed by atoms with Gasteiger partial charge in [0.05, 0.1) is 0 Å². The third-order valence-corrected chi connectivity index (χ3v) is 7.98. The Labute approximate surface area is 279 Å². The summed E-state index contributed by atoms with van der Waals surface area (Å²) in [6.07, 6.45) is 40.1. The zero-order valence-electron chi connectivity index (χ0n) is 28.3. The second-order valence-electron chi connectivity index (χ2n) is 12.2. The van der Waals surface area contributed by atoms with Gasteiger partial charge < -0.3 is 15.0 Å². The van der Waals surface area contributed by atoms with Gasteiger partial charge in [0, 0.05) is 12.4 Å². The SMILES string of the molecule is CCCCCCCCCCCCCCCCCC(=O)O.CCCCCCCCCCCCCCCCCC(=O)[O-].[Na+]. The Bertz CT molecular complexity index is 454. The summed E-state index contributed by atoms with van der Waals surface area (Å²) in [6, 6.07) is 0. The maximum Gasteiger partial charge on any atom is 1.00 e. The Kier molecular flexibility index (Phi) is 46.6. The van der Waals surface area contributed by atoms with Crippen LogP contribution in [0.15, 0.2) is 0 Å². The minimum Gasteiger partial charge on any atom is -0.550 e. The van der Waals surface area contributed by atoms with Crippen LogP contribution >= 0.6 is 0 Å². The Morgan fingerprint density at radius 2 is 0.585 bits per heavy atom. The van der Waals surface area contributed by atoms with Crippen LogP contribution in [0.1, 0.15) is 219 Å². The normalized spacial score (nSPS) is 10.6. The average Bonchev–Trinajstić information content (AvgIpc) is 2.93. The van der Waals surface area contributed by atoms with Gasteiger partial charge in [-0.25, -0.2) is 0 Å². The van der Waals surface area contributed by atoms with Gasteiger partial charge in [0.25, 0.3) is 0 Å². The number of hydrogen-bond donors (Lipinski definition) is 1. The third-order valence-electron chi connectivity index (χ3n) is 7.98. The summed E-state index contributed by atoms with van der Waals surface area (Å²) in [6.45, 7) is 4.54. The maximum atomic E-state index is 10.3. The molecule has 4 nitrogen and oxygen atoms in total. The van der Waals surface area contributed by atoms with Gasteiger partial charge in [-0.2, -0.15) is 0 Å². The summed E-state index contributed by atoms with van der Waals surface area (Å²) in [4.78, 5) is 20.6. The first-order valence-electron chi connectivity index (χ1n) is 18.0. The monoisotopic (exact) mass is 591 g/mol. The molecule has 5 heteroatoms. The van der Waals surface area contributed by atoms with Crippen molar-refractivity contribution in [3.63, 3.8) is 0 Å². The van der Waals surface area contributed by atoms with E-state index in [2.05, 4.69) is 13.8 Å². The summed E-state index contributed by atoms with van der Waals surface area (Å²) in [5, 5.41) is 18.7. The Morgan fingerprint density at radius 3 is 0.780 bits per heavy atom. The van der Waals surface area contributed by atoms with Crippen LogP contribution in [0, 0.1) is 0 Å². The van der Waals surface area contributed by atoms with E-state index in [-0.39, 0.29) is 36.0 Å². The predicted molar refractivity (Wildman–Crippen MR) is 172 cm³/mol. The molecule has 240 valence electrons. The van der Waals surface area contributed by atoms with Gasteiger partial charge in [0.1, 0.15) is 0 Å². The molecular formula is C36H71NaO4. The smallest absolute Gasteiger partial charge is 0.550 e. The minimum absolute atomic E-state index is 0. The van der Waals surface area contributed by atoms with Crippen LogP contribution in [-0.2, 0) is 9.59 Å². The van der Waals surface area contributed by atoms with Crippen LogP contribution in [0.25, 0.3) is 0 Å². The van der Waals surface area contributed by atoms with Crippen molar-refractivity contribution >= 4 is 11.9 Å². The maximum absolute atomic E-state index is 10.3. The Morgan fingerprint density at radius 1 is 0.390 bits per heavy atom. The first-order chi connectivity index (χ1) is 19.5. The number of carbonyl (C=O) groups is 2. The number of carbonyl (C=O) groups excluding carboxylic acids is 1. The molecule has 0 amide bonds. The first kappa shape index (κ1) is 45.4.